The van der Waals surface area contributed by atoms with E-state index in [1.54, 1.807) is 30.0 Å². The summed E-state index contributed by atoms with van der Waals surface area (Å²) >= 11 is 1.74. The van der Waals surface area contributed by atoms with Gasteiger partial charge in [-0.2, -0.15) is 0 Å². The van der Waals surface area contributed by atoms with E-state index in [0.29, 0.717) is 16.6 Å². The Morgan fingerprint density at radius 3 is 2.61 bits per heavy atom. The zero-order chi connectivity index (χ0) is 16.2. The first-order valence-electron chi connectivity index (χ1n) is 6.94. The molecule has 0 saturated heterocycles. The quantitative estimate of drug-likeness (QED) is 0.716. The molecule has 0 fully saturated rings. The minimum absolute atomic E-state index is 0.00188. The fraction of sp³-hybridized carbons (Fsp3) is 0.200. The van der Waals surface area contributed by atoms with Crippen molar-refractivity contribution in [3.05, 3.63) is 42.1 Å². The van der Waals surface area contributed by atoms with Crippen LogP contribution in [0.5, 0.6) is 0 Å². The van der Waals surface area contributed by atoms with Crippen LogP contribution in [-0.2, 0) is 0 Å². The van der Waals surface area contributed by atoms with Crippen LogP contribution in [0.4, 0.5) is 6.01 Å². The highest BCUT2D eigenvalue weighted by atomic mass is 32.2. The molecule has 0 saturated carbocycles. The summed E-state index contributed by atoms with van der Waals surface area (Å²) in [5, 5.41) is 14.1. The summed E-state index contributed by atoms with van der Waals surface area (Å²) in [6.07, 6.45) is 1.47. The van der Waals surface area contributed by atoms with Gasteiger partial charge in [0.2, 0.25) is 5.76 Å². The number of rotatable bonds is 5. The van der Waals surface area contributed by atoms with Gasteiger partial charge in [-0.3, -0.25) is 10.1 Å². The Hall–Kier alpha value is -2.61. The number of nitrogens with zero attached hydrogens (tertiary/aromatic N) is 3. The summed E-state index contributed by atoms with van der Waals surface area (Å²) in [5.41, 5.74) is 0.512. The molecule has 1 aromatic carbocycles. The van der Waals surface area contributed by atoms with Crippen LogP contribution in [0.15, 0.2) is 50.4 Å². The molecule has 7 nitrogen and oxygen atoms in total. The molecule has 3 aromatic rings. The van der Waals surface area contributed by atoms with Crippen LogP contribution in [0.1, 0.15) is 24.2 Å². The van der Waals surface area contributed by atoms with Crippen LogP contribution in [-0.4, -0.2) is 26.5 Å². The first-order valence-corrected chi connectivity index (χ1v) is 7.82. The number of carbonyl (C=O) groups is 1. The second kappa shape index (κ2) is 6.66. The molecule has 0 radical (unpaired) electrons. The molecule has 1 amide bonds. The molecule has 1 N–H and O–H groups in total. The van der Waals surface area contributed by atoms with E-state index in [9.17, 15) is 4.79 Å². The van der Waals surface area contributed by atoms with Crippen molar-refractivity contribution in [1.29, 1.82) is 0 Å². The van der Waals surface area contributed by atoms with Gasteiger partial charge in [0.1, 0.15) is 0 Å². The summed E-state index contributed by atoms with van der Waals surface area (Å²) in [7, 11) is 0. The van der Waals surface area contributed by atoms with Crippen molar-refractivity contribution in [3.63, 3.8) is 0 Å². The Bertz CT molecular complexity index is 781. The van der Waals surface area contributed by atoms with Crippen molar-refractivity contribution in [2.24, 2.45) is 0 Å². The number of carbonyl (C=O) groups excluding carboxylic acids is 1. The summed E-state index contributed by atoms with van der Waals surface area (Å²) in [4.78, 5) is 13.3. The highest BCUT2D eigenvalue weighted by Crippen LogP contribution is 2.23. The lowest BCUT2D eigenvalue weighted by molar-refractivity contribution is 0.102. The van der Waals surface area contributed by atoms with E-state index in [2.05, 4.69) is 34.5 Å². The number of benzene rings is 1. The number of thioether (sulfide) groups is 1. The minimum Gasteiger partial charge on any atom is -0.400 e. The fourth-order valence-corrected chi connectivity index (χ4v) is 2.66. The molecule has 0 atom stereocenters. The zero-order valence-electron chi connectivity index (χ0n) is 12.5. The lowest BCUT2D eigenvalue weighted by Crippen LogP contribution is -2.11. The van der Waals surface area contributed by atoms with Gasteiger partial charge in [-0.15, -0.1) is 16.9 Å². The molecule has 0 aliphatic rings. The van der Waals surface area contributed by atoms with Crippen LogP contribution >= 0.6 is 11.8 Å². The van der Waals surface area contributed by atoms with Crippen LogP contribution in [0.25, 0.3) is 11.7 Å². The molecule has 0 spiro atoms. The second-order valence-corrected chi connectivity index (χ2v) is 6.58. The first kappa shape index (κ1) is 15.3. The SMILES string of the molecule is CC(C)Sc1ccc(C(=O)Nc2nnc(-c3ccno3)o2)cc1. The monoisotopic (exact) mass is 330 g/mol. The first-order chi connectivity index (χ1) is 11.1. The van der Waals surface area contributed by atoms with E-state index in [-0.39, 0.29) is 17.8 Å². The number of anilines is 1. The average molecular weight is 330 g/mol. The van der Waals surface area contributed by atoms with Gasteiger partial charge >= 0.3 is 6.01 Å². The molecule has 0 unspecified atom stereocenters. The predicted octanol–water partition coefficient (Wildman–Crippen LogP) is 3.48. The Kier molecular flexibility index (Phi) is 4.42. The molecule has 118 valence electrons. The van der Waals surface area contributed by atoms with E-state index in [0.717, 1.165) is 4.90 Å². The van der Waals surface area contributed by atoms with Gasteiger partial charge in [-0.05, 0) is 24.3 Å². The maximum absolute atomic E-state index is 12.2. The summed E-state index contributed by atoms with van der Waals surface area (Å²) in [6, 6.07) is 8.92. The van der Waals surface area contributed by atoms with Crippen LogP contribution in [0.3, 0.4) is 0 Å². The van der Waals surface area contributed by atoms with E-state index in [1.807, 2.05) is 12.1 Å². The molecular weight excluding hydrogens is 316 g/mol. The fourth-order valence-electron chi connectivity index (χ4n) is 1.83. The highest BCUT2D eigenvalue weighted by molar-refractivity contribution is 7.99. The average Bonchev–Trinajstić information content (AvgIpc) is 3.18. The lowest BCUT2D eigenvalue weighted by Gasteiger charge is -2.05. The van der Waals surface area contributed by atoms with E-state index < -0.39 is 0 Å². The van der Waals surface area contributed by atoms with E-state index >= 15 is 0 Å². The maximum atomic E-state index is 12.2. The van der Waals surface area contributed by atoms with Gasteiger partial charge in [-0.1, -0.05) is 24.1 Å². The van der Waals surface area contributed by atoms with E-state index in [1.165, 1.54) is 6.20 Å². The minimum atomic E-state index is -0.320. The standard InChI is InChI=1S/C15H14N4O3S/c1-9(2)23-11-5-3-10(4-6-11)13(20)17-15-19-18-14(21-15)12-7-8-16-22-12/h3-9H,1-2H3,(H,17,19,20). The van der Waals surface area contributed by atoms with E-state index in [4.69, 9.17) is 8.94 Å². The number of aromatic nitrogens is 3. The number of hydrogen-bond acceptors (Lipinski definition) is 7. The number of amides is 1. The van der Waals surface area contributed by atoms with Crippen molar-refractivity contribution in [2.75, 3.05) is 5.32 Å². The molecule has 8 heteroatoms. The third kappa shape index (κ3) is 3.78. The van der Waals surface area contributed by atoms with Crippen molar-refractivity contribution < 1.29 is 13.7 Å². The van der Waals surface area contributed by atoms with Crippen molar-refractivity contribution in [2.45, 2.75) is 24.0 Å². The molecule has 0 bridgehead atoms. The van der Waals surface area contributed by atoms with Crippen molar-refractivity contribution in [3.8, 4) is 11.7 Å². The Morgan fingerprint density at radius 1 is 1.17 bits per heavy atom. The molecule has 0 aliphatic heterocycles. The summed E-state index contributed by atoms with van der Waals surface area (Å²) in [6.45, 7) is 4.24. The van der Waals surface area contributed by atoms with Gasteiger partial charge in [-0.25, -0.2) is 0 Å². The zero-order valence-corrected chi connectivity index (χ0v) is 13.3. The highest BCUT2D eigenvalue weighted by Gasteiger charge is 2.14. The molecule has 0 aliphatic carbocycles. The molecular formula is C15H14N4O3S. The molecule has 2 aromatic heterocycles. The smallest absolute Gasteiger partial charge is 0.322 e. The third-order valence-electron chi connectivity index (χ3n) is 2.78. The maximum Gasteiger partial charge on any atom is 0.322 e. The number of nitrogens with one attached hydrogen (secondary N) is 1. The largest absolute Gasteiger partial charge is 0.400 e. The van der Waals surface area contributed by atoms with Gasteiger partial charge in [0, 0.05) is 21.8 Å². The van der Waals surface area contributed by atoms with Crippen LogP contribution < -0.4 is 5.32 Å². The Balaban J connectivity index is 1.67. The second-order valence-electron chi connectivity index (χ2n) is 4.93. The molecule has 3 rings (SSSR count). The normalized spacial score (nSPS) is 10.9. The predicted molar refractivity (Wildman–Crippen MR) is 85.2 cm³/mol. The van der Waals surface area contributed by atoms with Gasteiger partial charge in [0.15, 0.2) is 0 Å². The molecule has 2 heterocycles. The van der Waals surface area contributed by atoms with Gasteiger partial charge in [0.05, 0.1) is 6.20 Å². The van der Waals surface area contributed by atoms with Crippen molar-refractivity contribution >= 4 is 23.7 Å². The lowest BCUT2D eigenvalue weighted by atomic mass is 10.2. The summed E-state index contributed by atoms with van der Waals surface area (Å²) < 4.78 is 10.2. The topological polar surface area (TPSA) is 94.1 Å². The Labute approximate surface area is 136 Å². The van der Waals surface area contributed by atoms with Gasteiger partial charge in [0.25, 0.3) is 11.8 Å². The third-order valence-corrected chi connectivity index (χ3v) is 3.80. The van der Waals surface area contributed by atoms with Crippen LogP contribution in [0, 0.1) is 0 Å². The van der Waals surface area contributed by atoms with Gasteiger partial charge < -0.3 is 8.94 Å². The Morgan fingerprint density at radius 2 is 1.96 bits per heavy atom. The summed E-state index contributed by atoms with van der Waals surface area (Å²) in [5.74, 6) is 0.174. The van der Waals surface area contributed by atoms with Crippen molar-refractivity contribution in [1.82, 2.24) is 15.4 Å². The van der Waals surface area contributed by atoms with Crippen LogP contribution in [0.2, 0.25) is 0 Å². The number of hydrogen-bond donors (Lipinski definition) is 1. The molecule has 23 heavy (non-hydrogen) atoms.